The molecule has 0 aromatic heterocycles. The molecule has 2 amide bonds. The van der Waals surface area contributed by atoms with Crippen molar-refractivity contribution in [2.24, 2.45) is 0 Å². The Balaban J connectivity index is 2.06. The standard InChI is InChI=1S/C30H37N3O6S/c1-6-18-31-30(35)23(3)32(20-24-13-15-25(38-4)16-14-24)29(34)21-33(27-19-22(2)12-17-28(27)39-5)40(36,37)26-10-8-7-9-11-26/h7-17,19,23H,6,18,20-21H2,1-5H3,(H,31,35)/t23-/m0/s1. The Labute approximate surface area is 236 Å². The fraction of sp³-hybridized carbons (Fsp3) is 0.333. The first-order chi connectivity index (χ1) is 19.1. The fourth-order valence-corrected chi connectivity index (χ4v) is 5.57. The zero-order valence-corrected chi connectivity index (χ0v) is 24.4. The van der Waals surface area contributed by atoms with E-state index >= 15 is 0 Å². The number of amides is 2. The summed E-state index contributed by atoms with van der Waals surface area (Å²) in [4.78, 5) is 28.4. The van der Waals surface area contributed by atoms with Crippen LogP contribution in [0.25, 0.3) is 0 Å². The van der Waals surface area contributed by atoms with Crippen molar-refractivity contribution in [1.29, 1.82) is 0 Å². The third kappa shape index (κ3) is 7.32. The van der Waals surface area contributed by atoms with E-state index in [1.54, 1.807) is 74.7 Å². The number of nitrogens with one attached hydrogen (secondary N) is 1. The Kier molecular flexibility index (Phi) is 10.6. The summed E-state index contributed by atoms with van der Waals surface area (Å²) >= 11 is 0. The summed E-state index contributed by atoms with van der Waals surface area (Å²) < 4.78 is 39.7. The number of methoxy groups -OCH3 is 2. The van der Waals surface area contributed by atoms with Gasteiger partial charge >= 0.3 is 0 Å². The number of benzene rings is 3. The van der Waals surface area contributed by atoms with Gasteiger partial charge in [-0.25, -0.2) is 8.42 Å². The maximum absolute atomic E-state index is 14.0. The van der Waals surface area contributed by atoms with Crippen LogP contribution in [-0.4, -0.2) is 58.5 Å². The lowest BCUT2D eigenvalue weighted by Crippen LogP contribution is -2.51. The van der Waals surface area contributed by atoms with Gasteiger partial charge in [0.1, 0.15) is 24.1 Å². The molecule has 1 N–H and O–H groups in total. The lowest BCUT2D eigenvalue weighted by atomic mass is 10.1. The number of nitrogens with zero attached hydrogens (tertiary/aromatic N) is 2. The van der Waals surface area contributed by atoms with E-state index in [0.29, 0.717) is 18.0 Å². The Morgan fingerprint density at radius 3 is 2.23 bits per heavy atom. The molecule has 0 bridgehead atoms. The van der Waals surface area contributed by atoms with Crippen LogP contribution in [0.3, 0.4) is 0 Å². The molecule has 9 nitrogen and oxygen atoms in total. The molecule has 0 aliphatic heterocycles. The van der Waals surface area contributed by atoms with Gasteiger partial charge in [0.15, 0.2) is 0 Å². The second kappa shape index (κ2) is 13.8. The van der Waals surface area contributed by atoms with E-state index in [1.807, 2.05) is 13.8 Å². The number of aryl methyl sites for hydroxylation is 1. The number of hydrogen-bond acceptors (Lipinski definition) is 6. The van der Waals surface area contributed by atoms with Crippen LogP contribution in [0, 0.1) is 6.92 Å². The molecule has 0 spiro atoms. The Hall–Kier alpha value is -4.05. The molecule has 0 heterocycles. The van der Waals surface area contributed by atoms with Crippen LogP contribution < -0.4 is 19.1 Å². The predicted octanol–water partition coefficient (Wildman–Crippen LogP) is 4.15. The second-order valence-corrected chi connectivity index (χ2v) is 11.2. The van der Waals surface area contributed by atoms with Gasteiger partial charge in [0, 0.05) is 13.1 Å². The van der Waals surface area contributed by atoms with Crippen LogP contribution in [0.5, 0.6) is 11.5 Å². The minimum atomic E-state index is -4.19. The normalized spacial score (nSPS) is 11.8. The summed E-state index contributed by atoms with van der Waals surface area (Å²) in [6.07, 6.45) is 0.737. The average Bonchev–Trinajstić information content (AvgIpc) is 2.97. The van der Waals surface area contributed by atoms with Gasteiger partial charge in [0.2, 0.25) is 11.8 Å². The minimum Gasteiger partial charge on any atom is -0.497 e. The molecule has 10 heteroatoms. The molecule has 0 saturated heterocycles. The summed E-state index contributed by atoms with van der Waals surface area (Å²) in [6, 6.07) is 19.3. The molecular formula is C30H37N3O6S. The number of carbonyl (C=O) groups is 2. The topological polar surface area (TPSA) is 105 Å². The van der Waals surface area contributed by atoms with Crippen LogP contribution in [0.2, 0.25) is 0 Å². The van der Waals surface area contributed by atoms with E-state index in [1.165, 1.54) is 24.1 Å². The van der Waals surface area contributed by atoms with E-state index in [0.717, 1.165) is 21.9 Å². The van der Waals surface area contributed by atoms with Gasteiger partial charge in [-0.05, 0) is 67.8 Å². The zero-order chi connectivity index (χ0) is 29.3. The molecule has 1 atom stereocenters. The van der Waals surface area contributed by atoms with Gasteiger partial charge in [-0.1, -0.05) is 43.3 Å². The second-order valence-electron chi connectivity index (χ2n) is 9.34. The van der Waals surface area contributed by atoms with E-state index in [-0.39, 0.29) is 23.0 Å². The number of sulfonamides is 1. The van der Waals surface area contributed by atoms with Crippen molar-refractivity contribution >= 4 is 27.5 Å². The Bertz CT molecular complexity index is 1390. The van der Waals surface area contributed by atoms with Gasteiger partial charge in [-0.15, -0.1) is 0 Å². The van der Waals surface area contributed by atoms with Crippen molar-refractivity contribution in [2.75, 3.05) is 31.6 Å². The lowest BCUT2D eigenvalue weighted by Gasteiger charge is -2.32. The summed E-state index contributed by atoms with van der Waals surface area (Å²) in [6.45, 7) is 5.41. The summed E-state index contributed by atoms with van der Waals surface area (Å²) in [5.41, 5.74) is 1.78. The highest BCUT2D eigenvalue weighted by atomic mass is 32.2. The maximum Gasteiger partial charge on any atom is 0.264 e. The fourth-order valence-electron chi connectivity index (χ4n) is 4.13. The van der Waals surface area contributed by atoms with E-state index in [2.05, 4.69) is 5.32 Å². The van der Waals surface area contributed by atoms with Gasteiger partial charge in [-0.2, -0.15) is 0 Å². The Morgan fingerprint density at radius 2 is 1.62 bits per heavy atom. The van der Waals surface area contributed by atoms with Crippen molar-refractivity contribution < 1.29 is 27.5 Å². The zero-order valence-electron chi connectivity index (χ0n) is 23.6. The molecule has 3 aromatic carbocycles. The number of rotatable bonds is 13. The molecule has 0 aliphatic carbocycles. The predicted molar refractivity (Wildman–Crippen MR) is 155 cm³/mol. The van der Waals surface area contributed by atoms with Crippen molar-refractivity contribution in [3.63, 3.8) is 0 Å². The van der Waals surface area contributed by atoms with Crippen molar-refractivity contribution in [3.8, 4) is 11.5 Å². The Morgan fingerprint density at radius 1 is 0.950 bits per heavy atom. The summed E-state index contributed by atoms with van der Waals surface area (Å²) in [5, 5.41) is 2.83. The van der Waals surface area contributed by atoms with Crippen LogP contribution >= 0.6 is 0 Å². The lowest BCUT2D eigenvalue weighted by molar-refractivity contribution is -0.139. The molecule has 214 valence electrons. The van der Waals surface area contributed by atoms with Crippen LogP contribution in [0.4, 0.5) is 5.69 Å². The maximum atomic E-state index is 14.0. The first-order valence-corrected chi connectivity index (χ1v) is 14.5. The largest absolute Gasteiger partial charge is 0.497 e. The monoisotopic (exact) mass is 567 g/mol. The summed E-state index contributed by atoms with van der Waals surface area (Å²) in [5.74, 6) is 0.0859. The van der Waals surface area contributed by atoms with E-state index in [9.17, 15) is 18.0 Å². The van der Waals surface area contributed by atoms with Gasteiger partial charge in [-0.3, -0.25) is 13.9 Å². The van der Waals surface area contributed by atoms with Crippen molar-refractivity contribution in [3.05, 3.63) is 83.9 Å². The van der Waals surface area contributed by atoms with E-state index < -0.39 is 28.5 Å². The molecule has 0 unspecified atom stereocenters. The molecule has 3 rings (SSSR count). The molecule has 3 aromatic rings. The van der Waals surface area contributed by atoms with Crippen molar-refractivity contribution in [1.82, 2.24) is 10.2 Å². The molecule has 0 saturated carbocycles. The number of carbonyl (C=O) groups excluding carboxylic acids is 2. The molecule has 0 radical (unpaired) electrons. The first-order valence-electron chi connectivity index (χ1n) is 13.0. The third-order valence-corrected chi connectivity index (χ3v) is 8.22. The van der Waals surface area contributed by atoms with Gasteiger partial charge < -0.3 is 19.7 Å². The van der Waals surface area contributed by atoms with E-state index in [4.69, 9.17) is 9.47 Å². The van der Waals surface area contributed by atoms with Crippen LogP contribution in [0.1, 0.15) is 31.4 Å². The molecule has 0 fully saturated rings. The first kappa shape index (κ1) is 30.5. The number of anilines is 1. The molecule has 0 aliphatic rings. The molecular weight excluding hydrogens is 530 g/mol. The highest BCUT2D eigenvalue weighted by molar-refractivity contribution is 7.92. The SMILES string of the molecule is CCCNC(=O)[C@H](C)N(Cc1ccc(OC)cc1)C(=O)CN(c1cc(C)ccc1OC)S(=O)(=O)c1ccccc1. The highest BCUT2D eigenvalue weighted by Crippen LogP contribution is 2.33. The van der Waals surface area contributed by atoms with Gasteiger partial charge in [0.25, 0.3) is 10.0 Å². The van der Waals surface area contributed by atoms with Crippen LogP contribution in [-0.2, 0) is 26.2 Å². The van der Waals surface area contributed by atoms with Crippen molar-refractivity contribution in [2.45, 2.75) is 44.7 Å². The van der Waals surface area contributed by atoms with Crippen LogP contribution in [0.15, 0.2) is 77.7 Å². The van der Waals surface area contributed by atoms with Gasteiger partial charge in [0.05, 0.1) is 24.8 Å². The third-order valence-electron chi connectivity index (χ3n) is 6.44. The average molecular weight is 568 g/mol. The minimum absolute atomic E-state index is 0.0294. The smallest absolute Gasteiger partial charge is 0.264 e. The number of ether oxygens (including phenoxy) is 2. The quantitative estimate of drug-likeness (QED) is 0.333. The molecule has 40 heavy (non-hydrogen) atoms. The summed E-state index contributed by atoms with van der Waals surface area (Å²) in [7, 11) is -1.18. The highest BCUT2D eigenvalue weighted by Gasteiger charge is 2.33. The number of hydrogen-bond donors (Lipinski definition) is 1.